The summed E-state index contributed by atoms with van der Waals surface area (Å²) in [6, 6.07) is 8.64. The highest BCUT2D eigenvalue weighted by Crippen LogP contribution is 2.19. The highest BCUT2D eigenvalue weighted by molar-refractivity contribution is 5.67. The standard InChI is InChI=1S/C16H23NO5/c18-13-9-5-4-8-12(14(19)15(13)20)17-16(21)22-10-11-6-2-1-3-7-11/h1-3,6-7,12-15,18-20H,4-5,8-10H2,(H,17,21)/t12-,13+,14+,15-/m0/s1. The Hall–Kier alpha value is -1.63. The van der Waals surface area contributed by atoms with Crippen LogP contribution in [0.5, 0.6) is 0 Å². The zero-order valence-corrected chi connectivity index (χ0v) is 12.4. The largest absolute Gasteiger partial charge is 0.445 e. The lowest BCUT2D eigenvalue weighted by Gasteiger charge is -2.32. The molecule has 0 radical (unpaired) electrons. The van der Waals surface area contributed by atoms with Gasteiger partial charge in [-0.1, -0.05) is 43.2 Å². The van der Waals surface area contributed by atoms with Crippen molar-refractivity contribution < 1.29 is 24.9 Å². The van der Waals surface area contributed by atoms with E-state index in [9.17, 15) is 20.1 Å². The number of carbonyl (C=O) groups excluding carboxylic acids is 1. The second-order valence-corrected chi connectivity index (χ2v) is 5.65. The fourth-order valence-electron chi connectivity index (χ4n) is 2.60. The molecule has 0 heterocycles. The van der Waals surface area contributed by atoms with Crippen molar-refractivity contribution in [2.45, 2.75) is 56.6 Å². The molecule has 6 nitrogen and oxygen atoms in total. The molecular formula is C16H23NO5. The topological polar surface area (TPSA) is 99.0 Å². The summed E-state index contributed by atoms with van der Waals surface area (Å²) in [6.07, 6.45) is -1.61. The van der Waals surface area contributed by atoms with Crippen LogP contribution in [0.2, 0.25) is 0 Å². The van der Waals surface area contributed by atoms with Gasteiger partial charge in [-0.3, -0.25) is 0 Å². The van der Waals surface area contributed by atoms with E-state index in [1.165, 1.54) is 0 Å². The van der Waals surface area contributed by atoms with Gasteiger partial charge in [-0.15, -0.1) is 0 Å². The van der Waals surface area contributed by atoms with Crippen molar-refractivity contribution in [1.82, 2.24) is 5.32 Å². The molecule has 1 aliphatic carbocycles. The first-order chi connectivity index (χ1) is 10.6. The Labute approximate surface area is 129 Å². The molecule has 22 heavy (non-hydrogen) atoms. The van der Waals surface area contributed by atoms with Gasteiger partial charge in [0.15, 0.2) is 0 Å². The van der Waals surface area contributed by atoms with Crippen LogP contribution in [-0.4, -0.2) is 45.8 Å². The number of hydrogen-bond acceptors (Lipinski definition) is 5. The summed E-state index contributed by atoms with van der Waals surface area (Å²) in [4.78, 5) is 11.8. The molecule has 0 aromatic heterocycles. The monoisotopic (exact) mass is 309 g/mol. The van der Waals surface area contributed by atoms with Crippen LogP contribution in [0.4, 0.5) is 4.79 Å². The van der Waals surface area contributed by atoms with E-state index in [-0.39, 0.29) is 6.61 Å². The summed E-state index contributed by atoms with van der Waals surface area (Å²) in [5.41, 5.74) is 0.867. The van der Waals surface area contributed by atoms with Crippen LogP contribution in [0.1, 0.15) is 31.2 Å². The molecule has 1 aromatic carbocycles. The van der Waals surface area contributed by atoms with Crippen molar-refractivity contribution in [3.63, 3.8) is 0 Å². The highest BCUT2D eigenvalue weighted by atomic mass is 16.5. The Bertz CT molecular complexity index is 467. The summed E-state index contributed by atoms with van der Waals surface area (Å²) in [7, 11) is 0. The number of ether oxygens (including phenoxy) is 1. The van der Waals surface area contributed by atoms with E-state index < -0.39 is 30.4 Å². The van der Waals surface area contributed by atoms with Crippen LogP contribution in [0.25, 0.3) is 0 Å². The third-order valence-electron chi connectivity index (χ3n) is 3.94. The molecule has 0 spiro atoms. The number of amides is 1. The third kappa shape index (κ3) is 4.69. The van der Waals surface area contributed by atoms with Crippen LogP contribution < -0.4 is 5.32 Å². The number of benzene rings is 1. The molecule has 1 amide bonds. The maximum absolute atomic E-state index is 11.8. The fraction of sp³-hybridized carbons (Fsp3) is 0.562. The van der Waals surface area contributed by atoms with E-state index in [0.29, 0.717) is 12.8 Å². The molecule has 1 aliphatic rings. The van der Waals surface area contributed by atoms with Crippen molar-refractivity contribution in [2.75, 3.05) is 0 Å². The van der Waals surface area contributed by atoms with Crippen LogP contribution in [0.15, 0.2) is 30.3 Å². The molecule has 1 fully saturated rings. The maximum Gasteiger partial charge on any atom is 0.407 e. The minimum Gasteiger partial charge on any atom is -0.445 e. The molecule has 4 N–H and O–H groups in total. The SMILES string of the molecule is O=C(N[C@H]1CCCC[C@@H](O)[C@H](O)[C@@H]1O)OCc1ccccc1. The Balaban J connectivity index is 1.86. The number of aliphatic hydroxyl groups excluding tert-OH is 3. The van der Waals surface area contributed by atoms with E-state index in [1.54, 1.807) is 0 Å². The molecule has 122 valence electrons. The molecular weight excluding hydrogens is 286 g/mol. The molecule has 0 bridgehead atoms. The summed E-state index contributed by atoms with van der Waals surface area (Å²) >= 11 is 0. The van der Waals surface area contributed by atoms with E-state index in [2.05, 4.69) is 5.32 Å². The number of carbonyl (C=O) groups is 1. The van der Waals surface area contributed by atoms with Crippen molar-refractivity contribution in [3.8, 4) is 0 Å². The highest BCUT2D eigenvalue weighted by Gasteiger charge is 2.33. The quantitative estimate of drug-likeness (QED) is 0.666. The van der Waals surface area contributed by atoms with Crippen LogP contribution in [0.3, 0.4) is 0 Å². The molecule has 6 heteroatoms. The lowest BCUT2D eigenvalue weighted by atomic mass is 9.90. The number of hydrogen-bond donors (Lipinski definition) is 4. The number of rotatable bonds is 3. The Morgan fingerprint density at radius 2 is 1.77 bits per heavy atom. The van der Waals surface area contributed by atoms with Gasteiger partial charge in [0.2, 0.25) is 0 Å². The average molecular weight is 309 g/mol. The van der Waals surface area contributed by atoms with E-state index in [1.807, 2.05) is 30.3 Å². The van der Waals surface area contributed by atoms with Crippen molar-refractivity contribution >= 4 is 6.09 Å². The number of alkyl carbamates (subject to hydrolysis) is 1. The number of nitrogens with one attached hydrogen (secondary N) is 1. The minimum atomic E-state index is -1.26. The van der Waals surface area contributed by atoms with Gasteiger partial charge >= 0.3 is 6.09 Å². The average Bonchev–Trinajstić information content (AvgIpc) is 2.54. The van der Waals surface area contributed by atoms with Gasteiger partial charge in [-0.2, -0.15) is 0 Å². The lowest BCUT2D eigenvalue weighted by molar-refractivity contribution is -0.0806. The summed E-state index contributed by atoms with van der Waals surface area (Å²) in [5, 5.41) is 32.2. The maximum atomic E-state index is 11.8. The smallest absolute Gasteiger partial charge is 0.407 e. The zero-order valence-electron chi connectivity index (χ0n) is 12.4. The van der Waals surface area contributed by atoms with Crippen LogP contribution in [0, 0.1) is 0 Å². The van der Waals surface area contributed by atoms with Gasteiger partial charge in [-0.05, 0) is 18.4 Å². The Kier molecular flexibility index (Phi) is 6.18. The van der Waals surface area contributed by atoms with Gasteiger partial charge in [0.05, 0.1) is 12.1 Å². The first-order valence-corrected chi connectivity index (χ1v) is 7.59. The summed E-state index contributed by atoms with van der Waals surface area (Å²) in [5.74, 6) is 0. The second kappa shape index (κ2) is 8.12. The van der Waals surface area contributed by atoms with Crippen LogP contribution in [-0.2, 0) is 11.3 Å². The van der Waals surface area contributed by atoms with Crippen molar-refractivity contribution in [2.24, 2.45) is 0 Å². The lowest BCUT2D eigenvalue weighted by Crippen LogP contribution is -2.52. The minimum absolute atomic E-state index is 0.140. The molecule has 0 saturated heterocycles. The Morgan fingerprint density at radius 3 is 2.50 bits per heavy atom. The molecule has 0 aliphatic heterocycles. The Morgan fingerprint density at radius 1 is 1.09 bits per heavy atom. The first kappa shape index (κ1) is 16.7. The van der Waals surface area contributed by atoms with Gasteiger partial charge in [0.1, 0.15) is 18.8 Å². The first-order valence-electron chi connectivity index (χ1n) is 7.59. The molecule has 1 aromatic rings. The predicted octanol–water partition coefficient (Wildman–Crippen LogP) is 0.938. The summed E-state index contributed by atoms with van der Waals surface area (Å²) < 4.78 is 5.11. The van der Waals surface area contributed by atoms with Gasteiger partial charge < -0.3 is 25.4 Å². The molecule has 4 atom stereocenters. The summed E-state index contributed by atoms with van der Waals surface area (Å²) in [6.45, 7) is 0.140. The van der Waals surface area contributed by atoms with E-state index >= 15 is 0 Å². The van der Waals surface area contributed by atoms with Crippen molar-refractivity contribution in [1.29, 1.82) is 0 Å². The van der Waals surface area contributed by atoms with Gasteiger partial charge in [0.25, 0.3) is 0 Å². The van der Waals surface area contributed by atoms with Crippen molar-refractivity contribution in [3.05, 3.63) is 35.9 Å². The van der Waals surface area contributed by atoms with Gasteiger partial charge in [-0.25, -0.2) is 4.79 Å². The normalized spacial score (nSPS) is 29.2. The molecule has 0 unspecified atom stereocenters. The third-order valence-corrected chi connectivity index (χ3v) is 3.94. The predicted molar refractivity (Wildman–Crippen MR) is 80.0 cm³/mol. The van der Waals surface area contributed by atoms with E-state index in [4.69, 9.17) is 4.74 Å². The number of aliphatic hydroxyl groups is 3. The van der Waals surface area contributed by atoms with Gasteiger partial charge in [0, 0.05) is 0 Å². The zero-order chi connectivity index (χ0) is 15.9. The molecule has 2 rings (SSSR count). The molecule has 1 saturated carbocycles. The van der Waals surface area contributed by atoms with E-state index in [0.717, 1.165) is 18.4 Å². The second-order valence-electron chi connectivity index (χ2n) is 5.65. The van der Waals surface area contributed by atoms with Crippen LogP contribution >= 0.6 is 0 Å². The fourth-order valence-corrected chi connectivity index (χ4v) is 2.60.